The Labute approximate surface area is 453 Å². The highest BCUT2D eigenvalue weighted by molar-refractivity contribution is 5.69. The van der Waals surface area contributed by atoms with Gasteiger partial charge in [0.1, 0.15) is 54.9 Å². The molecule has 434 valence electrons. The van der Waals surface area contributed by atoms with Gasteiger partial charge in [-0.1, -0.05) is 189 Å². The smallest absolute Gasteiger partial charge is 0.306 e. The standard InChI is InChI=1S/C61H106O14/c1-3-5-7-9-11-13-15-17-19-21-23-24-25-27-29-31-33-35-37-39-41-43-45-70-47-50(73-53(63)44-42-40-38-36-34-32-30-28-26-22-20-18-16-14-12-10-8-6-4-2)48-71-60-59(69)57(67)55(65)52(75-60)49-72-61-58(68)56(66)54(64)51(46-62)74-61/h6,8,12,14-15,17-18,20-21,23,26,28,50-52,54-62,64-69H,3-5,7,9-11,13,16,19,22,24-25,27,29-49H2,1-2H3/b8-6-,14-12-,17-15-,20-18-,23-21-,28-26-. The summed E-state index contributed by atoms with van der Waals surface area (Å²) in [6.07, 6.45) is 43.8. The molecule has 11 unspecified atom stereocenters. The van der Waals surface area contributed by atoms with Gasteiger partial charge in [-0.3, -0.25) is 4.79 Å². The Kier molecular flexibility index (Phi) is 43.3. The number of hydrogen-bond donors (Lipinski definition) is 7. The van der Waals surface area contributed by atoms with E-state index in [0.29, 0.717) is 13.0 Å². The van der Waals surface area contributed by atoms with Crippen LogP contribution in [0, 0.1) is 0 Å². The Bertz CT molecular complexity index is 1510. The fourth-order valence-corrected chi connectivity index (χ4v) is 8.95. The maximum absolute atomic E-state index is 13.1. The third-order valence-electron chi connectivity index (χ3n) is 13.7. The fourth-order valence-electron chi connectivity index (χ4n) is 8.95. The lowest BCUT2D eigenvalue weighted by Crippen LogP contribution is -2.61. The molecule has 0 aliphatic carbocycles. The van der Waals surface area contributed by atoms with Crippen LogP contribution in [-0.4, -0.2) is 142 Å². The molecule has 0 amide bonds. The Morgan fingerprint density at radius 1 is 0.453 bits per heavy atom. The molecule has 75 heavy (non-hydrogen) atoms. The van der Waals surface area contributed by atoms with E-state index in [1.54, 1.807) is 0 Å². The second-order valence-electron chi connectivity index (χ2n) is 20.4. The fraction of sp³-hybridized carbons (Fsp3) is 0.787. The molecule has 0 saturated carbocycles. The van der Waals surface area contributed by atoms with E-state index in [2.05, 4.69) is 86.8 Å². The summed E-state index contributed by atoms with van der Waals surface area (Å²) >= 11 is 0. The van der Waals surface area contributed by atoms with Gasteiger partial charge in [-0.25, -0.2) is 0 Å². The molecular weight excluding hydrogens is 957 g/mol. The molecule has 0 spiro atoms. The highest BCUT2D eigenvalue weighted by Gasteiger charge is 2.47. The summed E-state index contributed by atoms with van der Waals surface area (Å²) in [5.41, 5.74) is 0. The number of ether oxygens (including phenoxy) is 6. The van der Waals surface area contributed by atoms with E-state index in [1.165, 1.54) is 89.9 Å². The van der Waals surface area contributed by atoms with Crippen molar-refractivity contribution in [2.45, 2.75) is 274 Å². The van der Waals surface area contributed by atoms with Crippen LogP contribution in [-0.2, 0) is 33.2 Å². The quantitative estimate of drug-likeness (QED) is 0.0172. The number of aliphatic hydroxyl groups is 7. The molecule has 2 saturated heterocycles. The molecule has 0 radical (unpaired) electrons. The molecule has 2 aliphatic rings. The predicted molar refractivity (Wildman–Crippen MR) is 298 cm³/mol. The first-order chi connectivity index (χ1) is 36.6. The lowest BCUT2D eigenvalue weighted by Gasteiger charge is -2.42. The largest absolute Gasteiger partial charge is 0.457 e. The van der Waals surface area contributed by atoms with Crippen molar-refractivity contribution in [3.63, 3.8) is 0 Å². The molecule has 0 aromatic rings. The zero-order chi connectivity index (χ0) is 54.4. The number of rotatable bonds is 47. The summed E-state index contributed by atoms with van der Waals surface area (Å²) in [6.45, 7) is 3.55. The molecule has 0 aromatic heterocycles. The van der Waals surface area contributed by atoms with E-state index in [1.807, 2.05) is 0 Å². The van der Waals surface area contributed by atoms with Crippen molar-refractivity contribution in [1.29, 1.82) is 0 Å². The SMILES string of the molecule is CC/C=C\C/C=C\C/C=C\C/C=C\CCCCCCCCC(=O)OC(COCCCCCCCCCCCC/C=C\C/C=C\CCCCCCC)COC1OC(COC2OC(CO)C(O)C(O)C2O)C(O)C(O)C1O. The molecule has 2 fully saturated rings. The first-order valence-corrected chi connectivity index (χ1v) is 29.5. The van der Waals surface area contributed by atoms with Gasteiger partial charge in [-0.05, 0) is 83.5 Å². The van der Waals surface area contributed by atoms with Gasteiger partial charge >= 0.3 is 5.97 Å². The summed E-state index contributed by atoms with van der Waals surface area (Å²) in [6, 6.07) is 0. The number of allylic oxidation sites excluding steroid dienone is 12. The number of esters is 1. The van der Waals surface area contributed by atoms with E-state index in [-0.39, 0.29) is 19.6 Å². The summed E-state index contributed by atoms with van der Waals surface area (Å²) < 4.78 is 34.4. The Morgan fingerprint density at radius 3 is 1.36 bits per heavy atom. The average Bonchev–Trinajstić information content (AvgIpc) is 3.41. The lowest BCUT2D eigenvalue weighted by atomic mass is 9.98. The van der Waals surface area contributed by atoms with Crippen molar-refractivity contribution < 1.29 is 69.0 Å². The topological polar surface area (TPSA) is 214 Å². The van der Waals surface area contributed by atoms with E-state index < -0.39 is 86.7 Å². The number of unbranched alkanes of at least 4 members (excludes halogenated alkanes) is 21. The van der Waals surface area contributed by atoms with Gasteiger partial charge in [0.05, 0.1) is 26.4 Å². The number of carbonyl (C=O) groups excluding carboxylic acids is 1. The third kappa shape index (κ3) is 34.1. The molecule has 14 heteroatoms. The van der Waals surface area contributed by atoms with Crippen molar-refractivity contribution in [3.05, 3.63) is 72.9 Å². The normalized spacial score (nSPS) is 25.1. The lowest BCUT2D eigenvalue weighted by molar-refractivity contribution is -0.332. The minimum absolute atomic E-state index is 0.0504. The van der Waals surface area contributed by atoms with Crippen LogP contribution < -0.4 is 0 Å². The van der Waals surface area contributed by atoms with Gasteiger partial charge in [0.25, 0.3) is 0 Å². The summed E-state index contributed by atoms with van der Waals surface area (Å²) in [4.78, 5) is 13.1. The van der Waals surface area contributed by atoms with Gasteiger partial charge in [0, 0.05) is 13.0 Å². The first kappa shape index (κ1) is 68.5. The maximum Gasteiger partial charge on any atom is 0.306 e. The third-order valence-corrected chi connectivity index (χ3v) is 13.7. The molecule has 2 heterocycles. The van der Waals surface area contributed by atoms with Crippen molar-refractivity contribution in [1.82, 2.24) is 0 Å². The summed E-state index contributed by atoms with van der Waals surface area (Å²) in [7, 11) is 0. The van der Waals surface area contributed by atoms with Crippen molar-refractivity contribution in [2.24, 2.45) is 0 Å². The average molecular weight is 1060 g/mol. The van der Waals surface area contributed by atoms with Crippen molar-refractivity contribution in [3.8, 4) is 0 Å². The van der Waals surface area contributed by atoms with Crippen LogP contribution in [0.3, 0.4) is 0 Å². The monoisotopic (exact) mass is 1060 g/mol. The van der Waals surface area contributed by atoms with Crippen LogP contribution in [0.2, 0.25) is 0 Å². The number of carbonyl (C=O) groups is 1. The molecule has 0 aromatic carbocycles. The van der Waals surface area contributed by atoms with Gasteiger partial charge in [-0.15, -0.1) is 0 Å². The highest BCUT2D eigenvalue weighted by Crippen LogP contribution is 2.26. The Morgan fingerprint density at radius 2 is 0.867 bits per heavy atom. The van der Waals surface area contributed by atoms with Gasteiger partial charge in [0.15, 0.2) is 12.6 Å². The predicted octanol–water partition coefficient (Wildman–Crippen LogP) is 10.6. The minimum Gasteiger partial charge on any atom is -0.457 e. The van der Waals surface area contributed by atoms with E-state index in [4.69, 9.17) is 28.4 Å². The molecule has 0 bridgehead atoms. The Hall–Kier alpha value is -2.57. The zero-order valence-corrected chi connectivity index (χ0v) is 46.5. The van der Waals surface area contributed by atoms with Crippen LogP contribution >= 0.6 is 0 Å². The second kappa shape index (κ2) is 47.4. The van der Waals surface area contributed by atoms with Crippen LogP contribution in [0.25, 0.3) is 0 Å². The molecule has 2 aliphatic heterocycles. The number of hydrogen-bond acceptors (Lipinski definition) is 14. The van der Waals surface area contributed by atoms with Crippen LogP contribution in [0.4, 0.5) is 0 Å². The minimum atomic E-state index is -1.71. The first-order valence-electron chi connectivity index (χ1n) is 29.5. The Balaban J connectivity index is 1.72. The molecule has 14 nitrogen and oxygen atoms in total. The molecule has 7 N–H and O–H groups in total. The maximum atomic E-state index is 13.1. The van der Waals surface area contributed by atoms with Crippen LogP contribution in [0.1, 0.15) is 206 Å². The van der Waals surface area contributed by atoms with Gasteiger partial charge < -0.3 is 64.2 Å². The molecule has 11 atom stereocenters. The van der Waals surface area contributed by atoms with E-state index in [0.717, 1.165) is 89.9 Å². The summed E-state index contributed by atoms with van der Waals surface area (Å²) in [5, 5.41) is 72.4. The highest BCUT2D eigenvalue weighted by atomic mass is 16.7. The zero-order valence-electron chi connectivity index (χ0n) is 46.5. The van der Waals surface area contributed by atoms with Crippen LogP contribution in [0.5, 0.6) is 0 Å². The summed E-state index contributed by atoms with van der Waals surface area (Å²) in [5.74, 6) is -0.392. The molecule has 2 rings (SSSR count). The molecular formula is C61H106O14. The van der Waals surface area contributed by atoms with Gasteiger partial charge in [0.2, 0.25) is 0 Å². The van der Waals surface area contributed by atoms with Crippen molar-refractivity contribution in [2.75, 3.05) is 33.0 Å². The van der Waals surface area contributed by atoms with Crippen molar-refractivity contribution >= 4 is 5.97 Å². The van der Waals surface area contributed by atoms with E-state index >= 15 is 0 Å². The van der Waals surface area contributed by atoms with E-state index in [9.17, 15) is 40.5 Å². The number of aliphatic hydroxyl groups excluding tert-OH is 7. The second-order valence-corrected chi connectivity index (χ2v) is 20.4. The van der Waals surface area contributed by atoms with Crippen LogP contribution in [0.15, 0.2) is 72.9 Å². The van der Waals surface area contributed by atoms with Gasteiger partial charge in [-0.2, -0.15) is 0 Å².